The van der Waals surface area contributed by atoms with Gasteiger partial charge in [0.05, 0.1) is 10.9 Å². The Labute approximate surface area is 122 Å². The smallest absolute Gasteiger partial charge is 0.337 e. The monoisotopic (exact) mass is 280 g/mol. The van der Waals surface area contributed by atoms with Crippen LogP contribution in [0.4, 0.5) is 0 Å². The molecule has 0 saturated carbocycles. The van der Waals surface area contributed by atoms with Crippen molar-refractivity contribution < 1.29 is 9.90 Å². The summed E-state index contributed by atoms with van der Waals surface area (Å²) >= 11 is 0. The third kappa shape index (κ3) is 3.11. The standard InChI is InChI=1S/C17H16N2O2/c20-17(21)15-10-14-7-9-19(12-16(14)18-11-15)8-6-13-4-2-1-3-5-13/h1-5,7,10-12H,6,8-9H2,(H,20,21). The van der Waals surface area contributed by atoms with Crippen LogP contribution in [0.25, 0.3) is 12.3 Å². The highest BCUT2D eigenvalue weighted by Gasteiger charge is 2.07. The average Bonchev–Trinajstić information content (AvgIpc) is 2.53. The molecule has 2 aromatic rings. The minimum Gasteiger partial charge on any atom is -0.478 e. The molecule has 1 N–H and O–H groups in total. The number of nitrogens with zero attached hydrogens (tertiary/aromatic N) is 2. The Morgan fingerprint density at radius 3 is 2.86 bits per heavy atom. The van der Waals surface area contributed by atoms with Crippen LogP contribution >= 0.6 is 0 Å². The second-order valence-electron chi connectivity index (χ2n) is 5.07. The van der Waals surface area contributed by atoms with Gasteiger partial charge in [0.1, 0.15) is 0 Å². The zero-order valence-electron chi connectivity index (χ0n) is 11.6. The highest BCUT2D eigenvalue weighted by molar-refractivity contribution is 5.87. The summed E-state index contributed by atoms with van der Waals surface area (Å²) in [6.45, 7) is 1.70. The molecule has 0 bridgehead atoms. The predicted octanol–water partition coefficient (Wildman–Crippen LogP) is 0.857. The topological polar surface area (TPSA) is 53.4 Å². The molecule has 1 aromatic heterocycles. The molecule has 1 aliphatic rings. The fourth-order valence-electron chi connectivity index (χ4n) is 2.40. The van der Waals surface area contributed by atoms with E-state index in [1.807, 2.05) is 30.5 Å². The number of hydrogen-bond donors (Lipinski definition) is 1. The van der Waals surface area contributed by atoms with Crippen LogP contribution in [0.3, 0.4) is 0 Å². The molecule has 0 fully saturated rings. The largest absolute Gasteiger partial charge is 0.478 e. The molecule has 1 aromatic carbocycles. The minimum absolute atomic E-state index is 0.233. The van der Waals surface area contributed by atoms with Crippen molar-refractivity contribution in [2.45, 2.75) is 6.42 Å². The van der Waals surface area contributed by atoms with Gasteiger partial charge in [0, 0.05) is 30.7 Å². The van der Waals surface area contributed by atoms with E-state index in [4.69, 9.17) is 5.11 Å². The third-order valence-corrected chi connectivity index (χ3v) is 3.58. The van der Waals surface area contributed by atoms with Crippen LogP contribution in [0.1, 0.15) is 15.9 Å². The molecule has 4 nitrogen and oxygen atoms in total. The Morgan fingerprint density at radius 2 is 2.10 bits per heavy atom. The van der Waals surface area contributed by atoms with Gasteiger partial charge in [0.15, 0.2) is 0 Å². The van der Waals surface area contributed by atoms with Crippen LogP contribution in [-0.2, 0) is 6.42 Å². The first-order valence-electron chi connectivity index (χ1n) is 6.92. The number of pyridine rings is 1. The quantitative estimate of drug-likeness (QED) is 0.902. The summed E-state index contributed by atoms with van der Waals surface area (Å²) in [6.07, 6.45) is 6.42. The van der Waals surface area contributed by atoms with Crippen LogP contribution in [-0.4, -0.2) is 34.0 Å². The summed E-state index contributed by atoms with van der Waals surface area (Å²) in [6, 6.07) is 12.0. The predicted molar refractivity (Wildman–Crippen MR) is 81.1 cm³/mol. The minimum atomic E-state index is -0.940. The van der Waals surface area contributed by atoms with Crippen molar-refractivity contribution in [3.05, 3.63) is 64.3 Å². The van der Waals surface area contributed by atoms with Gasteiger partial charge in [-0.05, 0) is 18.1 Å². The molecule has 0 unspecified atom stereocenters. The van der Waals surface area contributed by atoms with Crippen LogP contribution in [0.15, 0.2) is 42.6 Å². The molecule has 106 valence electrons. The summed E-state index contributed by atoms with van der Waals surface area (Å²) in [5.41, 5.74) is 1.54. The summed E-state index contributed by atoms with van der Waals surface area (Å²) in [5.74, 6) is -0.940. The second-order valence-corrected chi connectivity index (χ2v) is 5.07. The highest BCUT2D eigenvalue weighted by atomic mass is 16.4. The van der Waals surface area contributed by atoms with Crippen molar-refractivity contribution in [3.8, 4) is 0 Å². The first-order chi connectivity index (χ1) is 10.2. The number of benzene rings is 1. The van der Waals surface area contributed by atoms with E-state index in [0.29, 0.717) is 0 Å². The van der Waals surface area contributed by atoms with Crippen molar-refractivity contribution in [2.75, 3.05) is 13.1 Å². The maximum atomic E-state index is 10.9. The average molecular weight is 280 g/mol. The number of aromatic carboxylic acids is 1. The summed E-state index contributed by atoms with van der Waals surface area (Å²) in [5, 5.41) is 10.7. The Bertz CT molecular complexity index is 769. The van der Waals surface area contributed by atoms with Gasteiger partial charge in [-0.3, -0.25) is 4.98 Å². The molecular formula is C17H16N2O2. The number of aromatic nitrogens is 1. The maximum absolute atomic E-state index is 10.9. The van der Waals surface area contributed by atoms with E-state index in [9.17, 15) is 4.79 Å². The Kier molecular flexibility index (Phi) is 3.69. The van der Waals surface area contributed by atoms with Crippen molar-refractivity contribution in [2.24, 2.45) is 0 Å². The lowest BCUT2D eigenvalue weighted by molar-refractivity contribution is 0.0696. The Morgan fingerprint density at radius 1 is 1.29 bits per heavy atom. The Hall–Kier alpha value is -2.62. The molecule has 3 rings (SSSR count). The number of carboxylic acids is 1. The third-order valence-electron chi connectivity index (χ3n) is 3.58. The molecule has 0 aliphatic carbocycles. The highest BCUT2D eigenvalue weighted by Crippen LogP contribution is 2.03. The normalized spacial score (nSPS) is 13.0. The van der Waals surface area contributed by atoms with Crippen molar-refractivity contribution >= 4 is 18.2 Å². The summed E-state index contributed by atoms with van der Waals surface area (Å²) in [7, 11) is 0. The number of hydrogen-bond acceptors (Lipinski definition) is 3. The van der Waals surface area contributed by atoms with E-state index < -0.39 is 5.97 Å². The van der Waals surface area contributed by atoms with Crippen molar-refractivity contribution in [1.82, 2.24) is 9.88 Å². The van der Waals surface area contributed by atoms with Gasteiger partial charge in [0.2, 0.25) is 0 Å². The fraction of sp³-hybridized carbons (Fsp3) is 0.176. The summed E-state index contributed by atoms with van der Waals surface area (Å²) < 4.78 is 0. The van der Waals surface area contributed by atoms with E-state index in [-0.39, 0.29) is 5.56 Å². The molecule has 2 heterocycles. The first-order valence-corrected chi connectivity index (χ1v) is 6.92. The summed E-state index contributed by atoms with van der Waals surface area (Å²) in [4.78, 5) is 17.4. The first kappa shape index (κ1) is 13.4. The molecule has 4 heteroatoms. The second kappa shape index (κ2) is 5.79. The lowest BCUT2D eigenvalue weighted by Gasteiger charge is -2.20. The zero-order valence-corrected chi connectivity index (χ0v) is 11.6. The molecule has 0 saturated heterocycles. The zero-order chi connectivity index (χ0) is 14.7. The number of rotatable bonds is 4. The Balaban J connectivity index is 1.75. The van der Waals surface area contributed by atoms with E-state index >= 15 is 0 Å². The fourth-order valence-corrected chi connectivity index (χ4v) is 2.40. The van der Waals surface area contributed by atoms with Crippen LogP contribution in [0, 0.1) is 0 Å². The van der Waals surface area contributed by atoms with Gasteiger partial charge in [-0.25, -0.2) is 4.79 Å². The van der Waals surface area contributed by atoms with Crippen molar-refractivity contribution in [1.29, 1.82) is 0 Å². The van der Waals surface area contributed by atoms with Gasteiger partial charge in [0.25, 0.3) is 0 Å². The van der Waals surface area contributed by atoms with Crippen LogP contribution < -0.4 is 10.6 Å². The van der Waals surface area contributed by atoms with Gasteiger partial charge >= 0.3 is 5.97 Å². The number of fused-ring (bicyclic) bond motifs is 1. The van der Waals surface area contributed by atoms with E-state index in [1.54, 1.807) is 6.07 Å². The molecule has 0 spiro atoms. The maximum Gasteiger partial charge on any atom is 0.337 e. The molecule has 1 aliphatic heterocycles. The molecule has 0 atom stereocenters. The van der Waals surface area contributed by atoms with Gasteiger partial charge < -0.3 is 10.0 Å². The van der Waals surface area contributed by atoms with Crippen LogP contribution in [0.5, 0.6) is 0 Å². The lowest BCUT2D eigenvalue weighted by atomic mass is 10.1. The van der Waals surface area contributed by atoms with Crippen LogP contribution in [0.2, 0.25) is 0 Å². The van der Waals surface area contributed by atoms with Crippen molar-refractivity contribution in [3.63, 3.8) is 0 Å². The van der Waals surface area contributed by atoms with Gasteiger partial charge in [-0.15, -0.1) is 0 Å². The molecular weight excluding hydrogens is 264 g/mol. The molecule has 0 radical (unpaired) electrons. The SMILES string of the molecule is O=C(O)c1cnc2c(c1)=CCN(CCc1ccccc1)C=2. The van der Waals surface area contributed by atoms with Gasteiger partial charge in [-0.2, -0.15) is 0 Å². The number of carbonyl (C=O) groups is 1. The lowest BCUT2D eigenvalue weighted by Crippen LogP contribution is -2.38. The van der Waals surface area contributed by atoms with E-state index in [0.717, 1.165) is 30.1 Å². The van der Waals surface area contributed by atoms with E-state index in [2.05, 4.69) is 22.0 Å². The number of carboxylic acid groups (broad SMARTS) is 1. The molecule has 0 amide bonds. The molecule has 21 heavy (non-hydrogen) atoms. The van der Waals surface area contributed by atoms with E-state index in [1.165, 1.54) is 11.8 Å². The van der Waals surface area contributed by atoms with Gasteiger partial charge in [-0.1, -0.05) is 36.4 Å².